The molecule has 4 rings (SSSR count). The molecule has 0 radical (unpaired) electrons. The van der Waals surface area contributed by atoms with E-state index in [9.17, 15) is 4.79 Å². The number of rotatable bonds is 7. The van der Waals surface area contributed by atoms with Gasteiger partial charge in [0.05, 0.1) is 26.9 Å². The number of aldehydes is 1. The van der Waals surface area contributed by atoms with E-state index in [4.69, 9.17) is 18.7 Å². The number of ether oxygens (including phenoxy) is 3. The van der Waals surface area contributed by atoms with Crippen LogP contribution in [0.4, 0.5) is 0 Å². The number of carbonyl (C=O) groups excluding carboxylic acids is 1. The molecule has 8 nitrogen and oxygen atoms in total. The molecule has 0 N–H and O–H groups in total. The van der Waals surface area contributed by atoms with E-state index in [1.165, 1.54) is 0 Å². The average molecular weight is 393 g/mol. The lowest BCUT2D eigenvalue weighted by Gasteiger charge is -2.09. The predicted octanol–water partition coefficient (Wildman–Crippen LogP) is 3.58. The minimum Gasteiger partial charge on any atom is -0.497 e. The molecule has 0 amide bonds. The van der Waals surface area contributed by atoms with Gasteiger partial charge < -0.3 is 23.3 Å². The molecule has 29 heavy (non-hydrogen) atoms. The second-order valence-electron chi connectivity index (χ2n) is 6.27. The number of benzene rings is 2. The third kappa shape index (κ3) is 3.29. The van der Waals surface area contributed by atoms with Crippen molar-refractivity contribution in [3.8, 4) is 28.6 Å². The normalized spacial score (nSPS) is 10.9. The first-order chi connectivity index (χ1) is 14.2. The van der Waals surface area contributed by atoms with E-state index < -0.39 is 0 Å². The molecule has 0 fully saturated rings. The Kier molecular flexibility index (Phi) is 4.90. The molecule has 0 aliphatic rings. The third-order valence-electron chi connectivity index (χ3n) is 4.66. The van der Waals surface area contributed by atoms with Crippen molar-refractivity contribution >= 4 is 17.2 Å². The second-order valence-corrected chi connectivity index (χ2v) is 6.27. The van der Waals surface area contributed by atoms with Gasteiger partial charge in [0.1, 0.15) is 12.3 Å². The van der Waals surface area contributed by atoms with Crippen molar-refractivity contribution in [1.29, 1.82) is 0 Å². The van der Waals surface area contributed by atoms with Gasteiger partial charge in [-0.2, -0.15) is 4.98 Å². The van der Waals surface area contributed by atoms with Gasteiger partial charge in [0.2, 0.25) is 11.7 Å². The Hall–Kier alpha value is -3.81. The van der Waals surface area contributed by atoms with E-state index in [0.29, 0.717) is 46.6 Å². The maximum absolute atomic E-state index is 11.5. The van der Waals surface area contributed by atoms with E-state index >= 15 is 0 Å². The fourth-order valence-electron chi connectivity index (χ4n) is 3.29. The Balaban J connectivity index is 1.70. The van der Waals surface area contributed by atoms with Gasteiger partial charge in [0.15, 0.2) is 17.8 Å². The van der Waals surface area contributed by atoms with Gasteiger partial charge in [-0.3, -0.25) is 4.79 Å². The van der Waals surface area contributed by atoms with E-state index in [-0.39, 0.29) is 0 Å². The van der Waals surface area contributed by atoms with Crippen molar-refractivity contribution in [2.45, 2.75) is 6.54 Å². The molecule has 148 valence electrons. The van der Waals surface area contributed by atoms with Crippen LogP contribution in [0.2, 0.25) is 0 Å². The van der Waals surface area contributed by atoms with Crippen molar-refractivity contribution in [3.63, 3.8) is 0 Å². The van der Waals surface area contributed by atoms with Gasteiger partial charge >= 0.3 is 0 Å². The molecule has 0 aliphatic carbocycles. The maximum Gasteiger partial charge on any atom is 0.246 e. The SMILES string of the molecule is COc1ccc2c(c1)c(C=O)cn2Cc1nc(-c2cccc(OC)c2OC)no1. The summed E-state index contributed by atoms with van der Waals surface area (Å²) in [7, 11) is 4.72. The van der Waals surface area contributed by atoms with Crippen LogP contribution in [-0.4, -0.2) is 42.3 Å². The lowest BCUT2D eigenvalue weighted by Crippen LogP contribution is -1.98. The fraction of sp³-hybridized carbons (Fsp3) is 0.190. The Morgan fingerprint density at radius 2 is 1.97 bits per heavy atom. The summed E-state index contributed by atoms with van der Waals surface area (Å²) in [5.41, 5.74) is 2.09. The highest BCUT2D eigenvalue weighted by molar-refractivity contribution is 5.98. The molecule has 4 aromatic rings. The Morgan fingerprint density at radius 1 is 1.10 bits per heavy atom. The number of methoxy groups -OCH3 is 3. The first-order valence-corrected chi connectivity index (χ1v) is 8.84. The number of fused-ring (bicyclic) bond motifs is 1. The molecule has 2 aromatic carbocycles. The van der Waals surface area contributed by atoms with Crippen molar-refractivity contribution in [2.75, 3.05) is 21.3 Å². The zero-order chi connectivity index (χ0) is 20.4. The van der Waals surface area contributed by atoms with Crippen molar-refractivity contribution < 1.29 is 23.5 Å². The van der Waals surface area contributed by atoms with Gasteiger partial charge in [-0.05, 0) is 30.3 Å². The summed E-state index contributed by atoms with van der Waals surface area (Å²) < 4.78 is 23.4. The third-order valence-corrected chi connectivity index (χ3v) is 4.66. The Morgan fingerprint density at radius 3 is 2.69 bits per heavy atom. The van der Waals surface area contributed by atoms with Crippen LogP contribution in [-0.2, 0) is 6.54 Å². The Labute approximate surface area is 166 Å². The molecular weight excluding hydrogens is 374 g/mol. The van der Waals surface area contributed by atoms with Crippen LogP contribution >= 0.6 is 0 Å². The number of carbonyl (C=O) groups is 1. The van der Waals surface area contributed by atoms with Crippen LogP contribution in [0.5, 0.6) is 17.2 Å². The lowest BCUT2D eigenvalue weighted by molar-refractivity contribution is 0.112. The fourth-order valence-corrected chi connectivity index (χ4v) is 3.29. The summed E-state index contributed by atoms with van der Waals surface area (Å²) in [4.78, 5) is 16.0. The molecule has 8 heteroatoms. The van der Waals surface area contributed by atoms with Gasteiger partial charge in [0, 0.05) is 22.7 Å². The van der Waals surface area contributed by atoms with Crippen LogP contribution in [0.15, 0.2) is 47.1 Å². The van der Waals surface area contributed by atoms with Crippen molar-refractivity contribution in [1.82, 2.24) is 14.7 Å². The quantitative estimate of drug-likeness (QED) is 0.443. The summed E-state index contributed by atoms with van der Waals surface area (Å²) in [5.74, 6) is 2.59. The van der Waals surface area contributed by atoms with Gasteiger partial charge in [0.25, 0.3) is 0 Å². The predicted molar refractivity (Wildman–Crippen MR) is 106 cm³/mol. The molecular formula is C21H19N3O5. The van der Waals surface area contributed by atoms with Gasteiger partial charge in [-0.25, -0.2) is 0 Å². The molecule has 0 aliphatic heterocycles. The number of para-hydroxylation sites is 1. The van der Waals surface area contributed by atoms with Crippen LogP contribution in [0.3, 0.4) is 0 Å². The van der Waals surface area contributed by atoms with E-state index in [1.807, 2.05) is 34.9 Å². The minimum atomic E-state index is 0.315. The van der Waals surface area contributed by atoms with Gasteiger partial charge in [-0.1, -0.05) is 11.2 Å². The smallest absolute Gasteiger partial charge is 0.246 e. The molecule has 0 spiro atoms. The van der Waals surface area contributed by atoms with Crippen molar-refractivity contribution in [2.24, 2.45) is 0 Å². The van der Waals surface area contributed by atoms with Crippen LogP contribution in [0, 0.1) is 0 Å². The minimum absolute atomic E-state index is 0.315. The van der Waals surface area contributed by atoms with Crippen LogP contribution in [0.1, 0.15) is 16.2 Å². The Bertz CT molecular complexity index is 1180. The molecule has 0 atom stereocenters. The highest BCUT2D eigenvalue weighted by Gasteiger charge is 2.18. The first kappa shape index (κ1) is 18.5. The van der Waals surface area contributed by atoms with Crippen molar-refractivity contribution in [3.05, 3.63) is 54.0 Å². The standard InChI is InChI=1S/C21H19N3O5/c1-26-14-7-8-17-16(9-14)13(12-25)10-24(17)11-19-22-21(23-29-19)15-5-4-6-18(27-2)20(15)28-3/h4-10,12H,11H2,1-3H3. The number of hydrogen-bond acceptors (Lipinski definition) is 7. The lowest BCUT2D eigenvalue weighted by atomic mass is 10.1. The topological polar surface area (TPSA) is 88.6 Å². The second kappa shape index (κ2) is 7.67. The number of nitrogens with zero attached hydrogens (tertiary/aromatic N) is 3. The van der Waals surface area contributed by atoms with Gasteiger partial charge in [-0.15, -0.1) is 0 Å². The van der Waals surface area contributed by atoms with E-state index in [0.717, 1.165) is 17.2 Å². The molecule has 0 saturated carbocycles. The highest BCUT2D eigenvalue weighted by atomic mass is 16.5. The molecule has 2 aromatic heterocycles. The maximum atomic E-state index is 11.5. The summed E-state index contributed by atoms with van der Waals surface area (Å²) >= 11 is 0. The highest BCUT2D eigenvalue weighted by Crippen LogP contribution is 2.36. The summed E-state index contributed by atoms with van der Waals surface area (Å²) in [6.07, 6.45) is 2.58. The summed E-state index contributed by atoms with van der Waals surface area (Å²) in [6.45, 7) is 0.315. The monoisotopic (exact) mass is 393 g/mol. The number of aromatic nitrogens is 3. The van der Waals surface area contributed by atoms with Crippen LogP contribution in [0.25, 0.3) is 22.3 Å². The molecule has 0 saturated heterocycles. The molecule has 2 heterocycles. The zero-order valence-electron chi connectivity index (χ0n) is 16.2. The van der Waals surface area contributed by atoms with E-state index in [1.54, 1.807) is 33.6 Å². The average Bonchev–Trinajstić information content (AvgIpc) is 3.37. The first-order valence-electron chi connectivity index (χ1n) is 8.84. The number of hydrogen-bond donors (Lipinski definition) is 0. The molecule has 0 bridgehead atoms. The molecule has 0 unspecified atom stereocenters. The summed E-state index contributed by atoms with van der Waals surface area (Å²) in [5, 5.41) is 4.88. The zero-order valence-corrected chi connectivity index (χ0v) is 16.2. The van der Waals surface area contributed by atoms with Crippen LogP contribution < -0.4 is 14.2 Å². The van der Waals surface area contributed by atoms with E-state index in [2.05, 4.69) is 10.1 Å². The largest absolute Gasteiger partial charge is 0.497 e. The summed E-state index contributed by atoms with van der Waals surface area (Å²) in [6, 6.07) is 11.0.